The summed E-state index contributed by atoms with van der Waals surface area (Å²) in [5, 5.41) is 12.5. The highest BCUT2D eigenvalue weighted by atomic mass is 32.1. The monoisotopic (exact) mass is 336 g/mol. The summed E-state index contributed by atoms with van der Waals surface area (Å²) in [6, 6.07) is 2.56. The molecule has 0 aliphatic heterocycles. The van der Waals surface area contributed by atoms with Crippen LogP contribution in [0.25, 0.3) is 0 Å². The van der Waals surface area contributed by atoms with E-state index in [1.165, 1.54) is 5.56 Å². The van der Waals surface area contributed by atoms with Crippen LogP contribution in [0.1, 0.15) is 42.6 Å². The van der Waals surface area contributed by atoms with Crippen LogP contribution in [0.4, 0.5) is 0 Å². The predicted molar refractivity (Wildman–Crippen MR) is 96.3 cm³/mol. The van der Waals surface area contributed by atoms with E-state index in [4.69, 9.17) is 4.74 Å². The normalized spacial score (nSPS) is 13.0. The molecule has 2 heterocycles. The number of aromatic nitrogens is 2. The number of nitrogens with one attached hydrogen (secondary N) is 1. The van der Waals surface area contributed by atoms with Crippen molar-refractivity contribution in [2.45, 2.75) is 32.4 Å². The van der Waals surface area contributed by atoms with Crippen molar-refractivity contribution < 1.29 is 4.74 Å². The highest BCUT2D eigenvalue weighted by Crippen LogP contribution is 2.27. The minimum atomic E-state index is 0.367. The van der Waals surface area contributed by atoms with Crippen molar-refractivity contribution in [3.63, 3.8) is 0 Å². The molecular formula is C17H28N4OS. The van der Waals surface area contributed by atoms with Gasteiger partial charge in [0.15, 0.2) is 0 Å². The molecule has 0 aliphatic rings. The van der Waals surface area contributed by atoms with E-state index in [1.807, 2.05) is 11.7 Å². The quantitative estimate of drug-likeness (QED) is 0.805. The van der Waals surface area contributed by atoms with Gasteiger partial charge in [0.2, 0.25) is 5.88 Å². The minimum Gasteiger partial charge on any atom is -0.481 e. The van der Waals surface area contributed by atoms with Crippen LogP contribution in [-0.2, 0) is 13.6 Å². The Morgan fingerprint density at radius 2 is 2.13 bits per heavy atom. The number of hydrogen-bond donors (Lipinski definition) is 1. The van der Waals surface area contributed by atoms with Crippen LogP contribution in [0.2, 0.25) is 0 Å². The highest BCUT2D eigenvalue weighted by molar-refractivity contribution is 7.07. The average molecular weight is 337 g/mol. The predicted octanol–water partition coefficient (Wildman–Crippen LogP) is 3.01. The second-order valence-electron chi connectivity index (χ2n) is 6.32. The fraction of sp³-hybridized carbons (Fsp3) is 0.588. The third-order valence-corrected chi connectivity index (χ3v) is 4.75. The number of methoxy groups -OCH3 is 1. The van der Waals surface area contributed by atoms with Crippen LogP contribution in [0.15, 0.2) is 16.8 Å². The fourth-order valence-corrected chi connectivity index (χ4v) is 3.56. The van der Waals surface area contributed by atoms with Crippen molar-refractivity contribution in [2.75, 3.05) is 27.7 Å². The Bertz CT molecular complexity index is 604. The number of hydrogen-bond acceptors (Lipinski definition) is 5. The highest BCUT2D eigenvalue weighted by Gasteiger charge is 2.20. The molecule has 0 radical (unpaired) electrons. The lowest BCUT2D eigenvalue weighted by atomic mass is 10.1. The first-order valence-electron chi connectivity index (χ1n) is 7.94. The molecule has 0 bridgehead atoms. The molecule has 1 atom stereocenters. The number of ether oxygens (including phenoxy) is 1. The minimum absolute atomic E-state index is 0.367. The van der Waals surface area contributed by atoms with E-state index >= 15 is 0 Å². The summed E-state index contributed by atoms with van der Waals surface area (Å²) < 4.78 is 7.36. The smallest absolute Gasteiger partial charge is 0.216 e. The van der Waals surface area contributed by atoms with Crippen molar-refractivity contribution in [3.05, 3.63) is 33.6 Å². The van der Waals surface area contributed by atoms with Gasteiger partial charge in [0, 0.05) is 26.2 Å². The Kier molecular flexibility index (Phi) is 6.21. The van der Waals surface area contributed by atoms with Crippen LogP contribution >= 0.6 is 11.3 Å². The van der Waals surface area contributed by atoms with Gasteiger partial charge < -0.3 is 15.0 Å². The lowest BCUT2D eigenvalue weighted by Gasteiger charge is -2.24. The molecule has 128 valence electrons. The van der Waals surface area contributed by atoms with E-state index < -0.39 is 0 Å². The third-order valence-electron chi connectivity index (χ3n) is 4.05. The van der Waals surface area contributed by atoms with Crippen LogP contribution in [0.3, 0.4) is 0 Å². The van der Waals surface area contributed by atoms with Crippen molar-refractivity contribution >= 4 is 11.3 Å². The van der Waals surface area contributed by atoms with Crippen molar-refractivity contribution in [2.24, 2.45) is 7.05 Å². The molecule has 0 aliphatic carbocycles. The van der Waals surface area contributed by atoms with Gasteiger partial charge in [-0.1, -0.05) is 13.8 Å². The topological polar surface area (TPSA) is 42.3 Å². The van der Waals surface area contributed by atoms with E-state index in [9.17, 15) is 0 Å². The molecule has 0 aromatic carbocycles. The van der Waals surface area contributed by atoms with Crippen molar-refractivity contribution in [1.29, 1.82) is 0 Å². The van der Waals surface area contributed by atoms with Gasteiger partial charge in [0.25, 0.3) is 0 Å². The van der Waals surface area contributed by atoms with E-state index in [0.717, 1.165) is 30.2 Å². The number of likely N-dealkylation sites (N-methyl/N-ethyl adjacent to an activating group) is 1. The van der Waals surface area contributed by atoms with Crippen LogP contribution < -0.4 is 10.1 Å². The van der Waals surface area contributed by atoms with Gasteiger partial charge in [0.05, 0.1) is 18.4 Å². The SMILES string of the molecule is COc1c(CNCC(c2ccsc2)N(C)C)c(C(C)C)nn1C. The van der Waals surface area contributed by atoms with Crippen LogP contribution in [-0.4, -0.2) is 42.4 Å². The molecule has 1 N–H and O–H groups in total. The Balaban J connectivity index is 2.08. The summed E-state index contributed by atoms with van der Waals surface area (Å²) in [5.41, 5.74) is 3.62. The Labute approximate surface area is 143 Å². The third kappa shape index (κ3) is 4.13. The summed E-state index contributed by atoms with van der Waals surface area (Å²) in [7, 11) is 7.88. The van der Waals surface area contributed by atoms with Gasteiger partial charge in [-0.2, -0.15) is 16.4 Å². The lowest BCUT2D eigenvalue weighted by Crippen LogP contribution is -2.30. The molecule has 5 nitrogen and oxygen atoms in total. The van der Waals surface area contributed by atoms with Gasteiger partial charge >= 0.3 is 0 Å². The molecule has 0 saturated heterocycles. The van der Waals surface area contributed by atoms with Gasteiger partial charge in [-0.05, 0) is 42.4 Å². The first-order chi connectivity index (χ1) is 11.0. The van der Waals surface area contributed by atoms with Crippen molar-refractivity contribution in [3.8, 4) is 5.88 Å². The van der Waals surface area contributed by atoms with E-state index in [2.05, 4.69) is 60.1 Å². The molecule has 2 aromatic rings. The second kappa shape index (κ2) is 7.95. The summed E-state index contributed by atoms with van der Waals surface area (Å²) in [6.45, 7) is 5.98. The lowest BCUT2D eigenvalue weighted by molar-refractivity contribution is 0.288. The fourth-order valence-electron chi connectivity index (χ4n) is 2.85. The molecule has 0 fully saturated rings. The zero-order chi connectivity index (χ0) is 17.0. The maximum absolute atomic E-state index is 5.54. The standard InChI is InChI=1S/C17H28N4OS/c1-12(2)16-14(17(22-6)21(5)19-16)9-18-10-15(20(3)4)13-7-8-23-11-13/h7-8,11-12,15,18H,9-10H2,1-6H3. The number of rotatable bonds is 8. The van der Waals surface area contributed by atoms with Crippen LogP contribution in [0.5, 0.6) is 5.88 Å². The van der Waals surface area contributed by atoms with E-state index in [-0.39, 0.29) is 0 Å². The first kappa shape index (κ1) is 18.0. The molecule has 23 heavy (non-hydrogen) atoms. The summed E-state index contributed by atoms with van der Waals surface area (Å²) in [5.74, 6) is 1.22. The first-order valence-corrected chi connectivity index (χ1v) is 8.89. The van der Waals surface area contributed by atoms with Gasteiger partial charge in [-0.3, -0.25) is 0 Å². The maximum atomic E-state index is 5.54. The Morgan fingerprint density at radius 3 is 2.65 bits per heavy atom. The van der Waals surface area contributed by atoms with Gasteiger partial charge in [0.1, 0.15) is 0 Å². The van der Waals surface area contributed by atoms with Gasteiger partial charge in [-0.25, -0.2) is 4.68 Å². The zero-order valence-corrected chi connectivity index (χ0v) is 15.8. The molecule has 0 spiro atoms. The summed E-state index contributed by atoms with van der Waals surface area (Å²) in [6.07, 6.45) is 0. The number of thiophene rings is 1. The Hall–Kier alpha value is -1.37. The largest absolute Gasteiger partial charge is 0.481 e. The molecule has 0 amide bonds. The van der Waals surface area contributed by atoms with Crippen LogP contribution in [0, 0.1) is 0 Å². The Morgan fingerprint density at radius 1 is 1.39 bits per heavy atom. The zero-order valence-electron chi connectivity index (χ0n) is 15.0. The molecule has 1 unspecified atom stereocenters. The van der Waals surface area contributed by atoms with E-state index in [0.29, 0.717) is 12.0 Å². The second-order valence-corrected chi connectivity index (χ2v) is 7.10. The van der Waals surface area contributed by atoms with Gasteiger partial charge in [-0.15, -0.1) is 0 Å². The molecule has 6 heteroatoms. The molecule has 2 rings (SSSR count). The van der Waals surface area contributed by atoms with E-state index in [1.54, 1.807) is 18.4 Å². The number of aryl methyl sites for hydroxylation is 1. The molecule has 2 aromatic heterocycles. The van der Waals surface area contributed by atoms with Crippen molar-refractivity contribution in [1.82, 2.24) is 20.0 Å². The number of nitrogens with zero attached hydrogens (tertiary/aromatic N) is 3. The summed E-state index contributed by atoms with van der Waals surface area (Å²) >= 11 is 1.74. The average Bonchev–Trinajstić information content (AvgIpc) is 3.11. The summed E-state index contributed by atoms with van der Waals surface area (Å²) in [4.78, 5) is 2.25. The maximum Gasteiger partial charge on any atom is 0.216 e. The molecular weight excluding hydrogens is 308 g/mol. The molecule has 0 saturated carbocycles.